The molecular formula is C14H12BrNO3S2. The fraction of sp³-hybridized carbons (Fsp3) is 0.214. The van der Waals surface area contributed by atoms with E-state index in [1.165, 1.54) is 23.5 Å². The molecule has 0 spiro atoms. The van der Waals surface area contributed by atoms with Crippen molar-refractivity contribution in [3.05, 3.63) is 39.2 Å². The van der Waals surface area contributed by atoms with Crippen LogP contribution in [0.4, 0.5) is 0 Å². The number of nitrogens with zero attached hydrogens (tertiary/aromatic N) is 1. The van der Waals surface area contributed by atoms with Crippen LogP contribution in [0.3, 0.4) is 0 Å². The molecule has 0 aliphatic carbocycles. The zero-order valence-electron chi connectivity index (χ0n) is 11.2. The lowest BCUT2D eigenvalue weighted by Crippen LogP contribution is -2.07. The Hall–Kier alpha value is -1.05. The minimum atomic E-state index is -0.303. The minimum absolute atomic E-state index is 0.164. The number of thioether (sulfide) groups is 2. The van der Waals surface area contributed by atoms with Gasteiger partial charge < -0.3 is 4.74 Å². The number of hydrogen-bond donors (Lipinski definition) is 0. The van der Waals surface area contributed by atoms with Crippen molar-refractivity contribution in [2.45, 2.75) is 6.92 Å². The van der Waals surface area contributed by atoms with E-state index in [9.17, 15) is 9.59 Å². The molecule has 0 N–H and O–H groups in total. The molecular weight excluding hydrogens is 374 g/mol. The zero-order chi connectivity index (χ0) is 15.2. The van der Waals surface area contributed by atoms with Crippen LogP contribution in [-0.2, 0) is 14.3 Å². The number of ether oxygens (including phenoxy) is 1. The Balaban J connectivity index is 1.98. The van der Waals surface area contributed by atoms with Crippen molar-refractivity contribution in [2.75, 3.05) is 12.4 Å². The molecule has 2 rings (SSSR count). The highest BCUT2D eigenvalue weighted by Gasteiger charge is 2.23. The van der Waals surface area contributed by atoms with E-state index in [2.05, 4.69) is 20.9 Å². The number of hydrogen-bond acceptors (Lipinski definition) is 5. The molecule has 1 heterocycles. The summed E-state index contributed by atoms with van der Waals surface area (Å²) in [5.41, 5.74) is 0.923. The number of esters is 1. The number of benzene rings is 1. The van der Waals surface area contributed by atoms with Crippen molar-refractivity contribution >= 4 is 61.8 Å². The van der Waals surface area contributed by atoms with Crippen LogP contribution >= 0.6 is 39.5 Å². The lowest BCUT2D eigenvalue weighted by Gasteiger charge is -2.00. The van der Waals surface area contributed by atoms with Crippen molar-refractivity contribution in [2.24, 2.45) is 4.99 Å². The summed E-state index contributed by atoms with van der Waals surface area (Å²) < 4.78 is 6.36. The van der Waals surface area contributed by atoms with Gasteiger partial charge >= 0.3 is 5.97 Å². The Labute approximate surface area is 139 Å². The highest BCUT2D eigenvalue weighted by Crippen LogP contribution is 2.33. The van der Waals surface area contributed by atoms with E-state index in [0.29, 0.717) is 15.9 Å². The first-order valence-corrected chi connectivity index (χ1v) is 8.74. The number of rotatable bonds is 4. The van der Waals surface area contributed by atoms with E-state index in [1.807, 2.05) is 24.3 Å². The molecule has 1 aromatic rings. The first-order chi connectivity index (χ1) is 10.1. The average Bonchev–Trinajstić information content (AvgIpc) is 2.77. The van der Waals surface area contributed by atoms with Crippen molar-refractivity contribution in [1.82, 2.24) is 0 Å². The number of aliphatic imine (C=N–C) groups is 1. The van der Waals surface area contributed by atoms with Gasteiger partial charge in [0.2, 0.25) is 0 Å². The standard InChI is InChI=1S/C14H12BrNO3S2/c1-2-19-12(17)8-20-14-16-13(18)11(21-14)7-9-4-3-5-10(15)6-9/h3-7H,2,8H2,1H3/b11-7-. The van der Waals surface area contributed by atoms with Gasteiger partial charge in [0, 0.05) is 4.47 Å². The van der Waals surface area contributed by atoms with Crippen LogP contribution in [0, 0.1) is 0 Å². The Morgan fingerprint density at radius 1 is 1.52 bits per heavy atom. The lowest BCUT2D eigenvalue weighted by atomic mass is 10.2. The van der Waals surface area contributed by atoms with Crippen LogP contribution in [-0.4, -0.2) is 28.6 Å². The van der Waals surface area contributed by atoms with Crippen LogP contribution in [0.2, 0.25) is 0 Å². The first kappa shape index (κ1) is 16.3. The first-order valence-electron chi connectivity index (χ1n) is 6.15. The van der Waals surface area contributed by atoms with Gasteiger partial charge in [-0.05, 0) is 30.7 Å². The third kappa shape index (κ3) is 5.01. The largest absolute Gasteiger partial charge is 0.465 e. The molecule has 0 fully saturated rings. The van der Waals surface area contributed by atoms with Crippen LogP contribution in [0.1, 0.15) is 12.5 Å². The Morgan fingerprint density at radius 2 is 2.33 bits per heavy atom. The van der Waals surface area contributed by atoms with Gasteiger partial charge in [0.25, 0.3) is 5.91 Å². The van der Waals surface area contributed by atoms with Crippen LogP contribution in [0.25, 0.3) is 6.08 Å². The van der Waals surface area contributed by atoms with Crippen LogP contribution in [0.15, 0.2) is 38.6 Å². The summed E-state index contributed by atoms with van der Waals surface area (Å²) >= 11 is 5.89. The predicted octanol–water partition coefficient (Wildman–Crippen LogP) is 3.72. The van der Waals surface area contributed by atoms with Crippen molar-refractivity contribution in [3.8, 4) is 0 Å². The van der Waals surface area contributed by atoms with E-state index in [4.69, 9.17) is 4.74 Å². The van der Waals surface area contributed by atoms with Gasteiger partial charge in [-0.25, -0.2) is 0 Å². The molecule has 7 heteroatoms. The fourth-order valence-electron chi connectivity index (χ4n) is 1.52. The second-order valence-electron chi connectivity index (χ2n) is 3.94. The number of carbonyl (C=O) groups excluding carboxylic acids is 2. The third-order valence-electron chi connectivity index (χ3n) is 2.37. The van der Waals surface area contributed by atoms with E-state index in [0.717, 1.165) is 10.0 Å². The SMILES string of the molecule is CCOC(=O)CSC1=NC(=O)/C(=C/c2cccc(Br)c2)S1. The monoisotopic (exact) mass is 385 g/mol. The molecule has 110 valence electrons. The molecule has 1 amide bonds. The predicted molar refractivity (Wildman–Crippen MR) is 91.2 cm³/mol. The molecule has 4 nitrogen and oxygen atoms in total. The zero-order valence-corrected chi connectivity index (χ0v) is 14.4. The molecule has 0 radical (unpaired) electrons. The fourth-order valence-corrected chi connectivity index (χ4v) is 3.74. The smallest absolute Gasteiger partial charge is 0.316 e. The van der Waals surface area contributed by atoms with E-state index < -0.39 is 0 Å². The van der Waals surface area contributed by atoms with Crippen molar-refractivity contribution in [3.63, 3.8) is 0 Å². The normalized spacial score (nSPS) is 16.2. The maximum atomic E-state index is 11.8. The second kappa shape index (κ2) is 7.82. The van der Waals surface area contributed by atoms with Crippen LogP contribution in [0.5, 0.6) is 0 Å². The van der Waals surface area contributed by atoms with E-state index >= 15 is 0 Å². The van der Waals surface area contributed by atoms with Gasteiger partial charge in [0.1, 0.15) is 4.38 Å². The molecule has 0 atom stereocenters. The summed E-state index contributed by atoms with van der Waals surface area (Å²) in [6.07, 6.45) is 1.79. The molecule has 0 bridgehead atoms. The van der Waals surface area contributed by atoms with Gasteiger partial charge in [-0.15, -0.1) is 0 Å². The molecule has 1 aromatic carbocycles. The molecule has 0 aromatic heterocycles. The third-order valence-corrected chi connectivity index (χ3v) is 4.96. The summed E-state index contributed by atoms with van der Waals surface area (Å²) in [6, 6.07) is 7.65. The molecule has 0 unspecified atom stereocenters. The summed E-state index contributed by atoms with van der Waals surface area (Å²) in [5.74, 6) is -0.411. The van der Waals surface area contributed by atoms with Gasteiger partial charge in [-0.3, -0.25) is 9.59 Å². The number of amides is 1. The van der Waals surface area contributed by atoms with Gasteiger partial charge in [-0.2, -0.15) is 4.99 Å². The summed E-state index contributed by atoms with van der Waals surface area (Å²) in [7, 11) is 0. The van der Waals surface area contributed by atoms with Gasteiger partial charge in [-0.1, -0.05) is 51.6 Å². The summed E-state index contributed by atoms with van der Waals surface area (Å²) in [5, 5.41) is 0. The second-order valence-corrected chi connectivity index (χ2v) is 7.11. The topological polar surface area (TPSA) is 55.7 Å². The Bertz CT molecular complexity index is 628. The molecule has 0 saturated carbocycles. The quantitative estimate of drug-likeness (QED) is 0.583. The summed E-state index contributed by atoms with van der Waals surface area (Å²) in [6.45, 7) is 2.11. The lowest BCUT2D eigenvalue weighted by molar-refractivity contribution is -0.139. The molecule has 21 heavy (non-hydrogen) atoms. The van der Waals surface area contributed by atoms with E-state index in [-0.39, 0.29) is 17.6 Å². The molecule has 0 saturated heterocycles. The highest BCUT2D eigenvalue weighted by atomic mass is 79.9. The molecule has 1 aliphatic heterocycles. The molecule has 1 aliphatic rings. The van der Waals surface area contributed by atoms with Crippen molar-refractivity contribution in [1.29, 1.82) is 0 Å². The number of carbonyl (C=O) groups is 2. The summed E-state index contributed by atoms with van der Waals surface area (Å²) in [4.78, 5) is 27.6. The van der Waals surface area contributed by atoms with Crippen molar-refractivity contribution < 1.29 is 14.3 Å². The number of halogens is 1. The maximum Gasteiger partial charge on any atom is 0.316 e. The van der Waals surface area contributed by atoms with E-state index in [1.54, 1.807) is 13.0 Å². The van der Waals surface area contributed by atoms with Crippen LogP contribution < -0.4 is 0 Å². The minimum Gasteiger partial charge on any atom is -0.465 e. The van der Waals surface area contributed by atoms with Gasteiger partial charge in [0.15, 0.2) is 0 Å². The maximum absolute atomic E-state index is 11.8. The average molecular weight is 386 g/mol. The highest BCUT2D eigenvalue weighted by molar-refractivity contribution is 9.10. The van der Waals surface area contributed by atoms with Gasteiger partial charge in [0.05, 0.1) is 17.3 Å². The Morgan fingerprint density at radius 3 is 3.05 bits per heavy atom. The Kier molecular flexibility index (Phi) is 6.08.